The largest absolute Gasteiger partial charge is 0.357 e. The lowest BCUT2D eigenvalue weighted by atomic mass is 10.1. The summed E-state index contributed by atoms with van der Waals surface area (Å²) in [6, 6.07) is 18.7. The molecule has 1 amide bonds. The van der Waals surface area contributed by atoms with E-state index in [2.05, 4.69) is 47.9 Å². The summed E-state index contributed by atoms with van der Waals surface area (Å²) in [4.78, 5) is 18.2. The smallest absolute Gasteiger partial charge is 0.253 e. The molecule has 2 atom stereocenters. The Balaban J connectivity index is 0.00000280. The highest BCUT2D eigenvalue weighted by Gasteiger charge is 2.38. The molecule has 1 aliphatic rings. The van der Waals surface area contributed by atoms with Gasteiger partial charge >= 0.3 is 0 Å². The quantitative estimate of drug-likeness (QED) is 0.368. The average molecular weight is 492 g/mol. The van der Waals surface area contributed by atoms with E-state index in [1.807, 2.05) is 24.3 Å². The number of carbonyl (C=O) groups is 1. The predicted octanol–water partition coefficient (Wildman–Crippen LogP) is 3.62. The van der Waals surface area contributed by atoms with Gasteiger partial charge in [0.1, 0.15) is 0 Å². The second-order valence-corrected chi connectivity index (χ2v) is 7.10. The van der Waals surface area contributed by atoms with Crippen molar-refractivity contribution >= 4 is 35.8 Å². The topological polar surface area (TPSA) is 56.7 Å². The highest BCUT2D eigenvalue weighted by Crippen LogP contribution is 2.40. The molecule has 1 aliphatic carbocycles. The van der Waals surface area contributed by atoms with E-state index in [4.69, 9.17) is 4.99 Å². The lowest BCUT2D eigenvalue weighted by Gasteiger charge is -2.12. The number of benzene rings is 2. The highest BCUT2D eigenvalue weighted by atomic mass is 127. The van der Waals surface area contributed by atoms with Crippen molar-refractivity contribution < 1.29 is 4.79 Å². The molecule has 0 radical (unpaired) electrons. The van der Waals surface area contributed by atoms with Crippen LogP contribution in [0.25, 0.3) is 0 Å². The van der Waals surface area contributed by atoms with Crippen molar-refractivity contribution in [1.82, 2.24) is 15.5 Å². The van der Waals surface area contributed by atoms with Crippen molar-refractivity contribution in [3.05, 3.63) is 71.3 Å². The molecule has 150 valence electrons. The van der Waals surface area contributed by atoms with E-state index < -0.39 is 0 Å². The van der Waals surface area contributed by atoms with E-state index in [9.17, 15) is 4.79 Å². The van der Waals surface area contributed by atoms with Crippen LogP contribution in [0.2, 0.25) is 0 Å². The third-order valence-electron chi connectivity index (χ3n) is 4.71. The molecule has 6 heteroatoms. The van der Waals surface area contributed by atoms with Crippen molar-refractivity contribution in [2.24, 2.45) is 4.99 Å². The van der Waals surface area contributed by atoms with E-state index in [1.54, 1.807) is 19.0 Å². The standard InChI is InChI=1S/C22H28N4O.HI/c1-4-23-22(25-20-14-19(20)17-8-6-5-7-9-17)24-15-16-10-12-18(13-11-16)21(27)26(2)3;/h5-13,19-20H,4,14-15H2,1-3H3,(H2,23,24,25);1H. The van der Waals surface area contributed by atoms with E-state index in [1.165, 1.54) is 5.56 Å². The molecule has 2 aromatic carbocycles. The van der Waals surface area contributed by atoms with Crippen molar-refractivity contribution in [1.29, 1.82) is 0 Å². The molecule has 1 saturated carbocycles. The number of nitrogens with zero attached hydrogens (tertiary/aromatic N) is 2. The Hall–Kier alpha value is -2.09. The molecular weight excluding hydrogens is 463 g/mol. The number of hydrogen-bond acceptors (Lipinski definition) is 2. The SMILES string of the molecule is CCNC(=NCc1ccc(C(=O)N(C)C)cc1)NC1CC1c1ccccc1.I. The van der Waals surface area contributed by atoms with E-state index in [-0.39, 0.29) is 29.9 Å². The van der Waals surface area contributed by atoms with Crippen LogP contribution in [0, 0.1) is 0 Å². The zero-order chi connectivity index (χ0) is 19.2. The van der Waals surface area contributed by atoms with Crippen LogP contribution in [0.15, 0.2) is 59.6 Å². The van der Waals surface area contributed by atoms with Crippen molar-refractivity contribution in [3.63, 3.8) is 0 Å². The molecule has 2 aromatic rings. The summed E-state index contributed by atoms with van der Waals surface area (Å²) in [5.41, 5.74) is 3.16. The first-order chi connectivity index (χ1) is 13.1. The van der Waals surface area contributed by atoms with Gasteiger partial charge in [-0.1, -0.05) is 42.5 Å². The van der Waals surface area contributed by atoms with Gasteiger partial charge in [0.05, 0.1) is 6.54 Å². The minimum Gasteiger partial charge on any atom is -0.357 e. The Morgan fingerprint density at radius 2 is 1.79 bits per heavy atom. The molecule has 0 aliphatic heterocycles. The predicted molar refractivity (Wildman–Crippen MR) is 125 cm³/mol. The Morgan fingerprint density at radius 3 is 2.39 bits per heavy atom. The maximum absolute atomic E-state index is 12.0. The van der Waals surface area contributed by atoms with Crippen LogP contribution in [0.3, 0.4) is 0 Å². The van der Waals surface area contributed by atoms with Crippen LogP contribution in [0.1, 0.15) is 40.7 Å². The fourth-order valence-electron chi connectivity index (χ4n) is 3.10. The van der Waals surface area contributed by atoms with Gasteiger partial charge in [0.25, 0.3) is 5.91 Å². The molecule has 2 N–H and O–H groups in total. The van der Waals surface area contributed by atoms with E-state index >= 15 is 0 Å². The number of halogens is 1. The monoisotopic (exact) mass is 492 g/mol. The summed E-state index contributed by atoms with van der Waals surface area (Å²) >= 11 is 0. The van der Waals surface area contributed by atoms with Crippen molar-refractivity contribution in [2.45, 2.75) is 31.8 Å². The molecule has 0 bridgehead atoms. The third-order valence-corrected chi connectivity index (χ3v) is 4.71. The molecule has 3 rings (SSSR count). The minimum absolute atomic E-state index is 0. The van der Waals surface area contributed by atoms with Crippen LogP contribution in [0.5, 0.6) is 0 Å². The van der Waals surface area contributed by atoms with Crippen LogP contribution >= 0.6 is 24.0 Å². The number of aliphatic imine (C=N–C) groups is 1. The van der Waals surface area contributed by atoms with Crippen LogP contribution < -0.4 is 10.6 Å². The fourth-order valence-corrected chi connectivity index (χ4v) is 3.10. The van der Waals surface area contributed by atoms with E-state index in [0.717, 1.165) is 24.5 Å². The Bertz CT molecular complexity index is 790. The first kappa shape index (κ1) is 22.2. The molecular formula is C22H29IN4O. The maximum atomic E-state index is 12.0. The Labute approximate surface area is 184 Å². The van der Waals surface area contributed by atoms with Gasteiger partial charge in [-0.25, -0.2) is 4.99 Å². The molecule has 5 nitrogen and oxygen atoms in total. The summed E-state index contributed by atoms with van der Waals surface area (Å²) in [6.07, 6.45) is 1.13. The lowest BCUT2D eigenvalue weighted by molar-refractivity contribution is 0.0827. The maximum Gasteiger partial charge on any atom is 0.253 e. The Kier molecular flexibility index (Phi) is 8.29. The molecule has 0 heterocycles. The van der Waals surface area contributed by atoms with Gasteiger partial charge in [-0.05, 0) is 36.6 Å². The molecule has 0 spiro atoms. The van der Waals surface area contributed by atoms with Gasteiger partial charge in [0.2, 0.25) is 0 Å². The number of amides is 1. The number of hydrogen-bond donors (Lipinski definition) is 2. The summed E-state index contributed by atoms with van der Waals surface area (Å²) < 4.78 is 0. The molecule has 28 heavy (non-hydrogen) atoms. The summed E-state index contributed by atoms with van der Waals surface area (Å²) in [6.45, 7) is 3.47. The number of guanidine groups is 1. The number of nitrogens with one attached hydrogen (secondary N) is 2. The van der Waals surface area contributed by atoms with Gasteiger partial charge in [-0.15, -0.1) is 24.0 Å². The zero-order valence-electron chi connectivity index (χ0n) is 16.7. The normalized spacial score (nSPS) is 18.0. The summed E-state index contributed by atoms with van der Waals surface area (Å²) in [5.74, 6) is 1.42. The first-order valence-corrected chi connectivity index (χ1v) is 9.49. The van der Waals surface area contributed by atoms with Gasteiger partial charge in [-0.2, -0.15) is 0 Å². The lowest BCUT2D eigenvalue weighted by Crippen LogP contribution is -2.39. The zero-order valence-corrected chi connectivity index (χ0v) is 19.0. The average Bonchev–Trinajstić information content (AvgIpc) is 3.46. The van der Waals surface area contributed by atoms with Crippen LogP contribution in [0.4, 0.5) is 0 Å². The molecule has 1 fully saturated rings. The van der Waals surface area contributed by atoms with E-state index in [0.29, 0.717) is 24.1 Å². The first-order valence-electron chi connectivity index (χ1n) is 9.49. The van der Waals surface area contributed by atoms with Gasteiger partial charge < -0.3 is 15.5 Å². The second-order valence-electron chi connectivity index (χ2n) is 7.10. The van der Waals surface area contributed by atoms with Crippen molar-refractivity contribution in [3.8, 4) is 0 Å². The number of rotatable bonds is 6. The van der Waals surface area contributed by atoms with Gasteiger partial charge in [-0.3, -0.25) is 4.79 Å². The fraction of sp³-hybridized carbons (Fsp3) is 0.364. The van der Waals surface area contributed by atoms with Crippen LogP contribution in [-0.2, 0) is 6.54 Å². The van der Waals surface area contributed by atoms with Gasteiger partial charge in [0.15, 0.2) is 5.96 Å². The second kappa shape index (κ2) is 10.5. The van der Waals surface area contributed by atoms with Crippen LogP contribution in [-0.4, -0.2) is 43.4 Å². The van der Waals surface area contributed by atoms with Crippen molar-refractivity contribution in [2.75, 3.05) is 20.6 Å². The van der Waals surface area contributed by atoms with Gasteiger partial charge in [0, 0.05) is 38.2 Å². The third kappa shape index (κ3) is 5.95. The highest BCUT2D eigenvalue weighted by molar-refractivity contribution is 14.0. The summed E-state index contributed by atoms with van der Waals surface area (Å²) in [5, 5.41) is 6.85. The summed E-state index contributed by atoms with van der Waals surface area (Å²) in [7, 11) is 3.52. The molecule has 0 aromatic heterocycles. The number of carbonyl (C=O) groups excluding carboxylic acids is 1. The minimum atomic E-state index is 0. The molecule has 2 unspecified atom stereocenters. The molecule has 0 saturated heterocycles. The Morgan fingerprint density at radius 1 is 1.11 bits per heavy atom.